The molecule has 2 N–H and O–H groups in total. The van der Waals surface area contributed by atoms with Crippen LogP contribution >= 0.6 is 0 Å². The van der Waals surface area contributed by atoms with Crippen molar-refractivity contribution in [2.24, 2.45) is 5.92 Å². The lowest BCUT2D eigenvalue weighted by molar-refractivity contribution is -0.116. The Bertz CT molecular complexity index is 598. The number of rotatable bonds is 5. The lowest BCUT2D eigenvalue weighted by Gasteiger charge is -2.11. The van der Waals surface area contributed by atoms with Crippen LogP contribution in [0.4, 0.5) is 11.6 Å². The fourth-order valence-corrected chi connectivity index (χ4v) is 3.83. The lowest BCUT2D eigenvalue weighted by atomic mass is 10.1. The molecule has 0 aliphatic carbocycles. The van der Waals surface area contributed by atoms with E-state index >= 15 is 0 Å². The molecule has 1 aromatic heterocycles. The quantitative estimate of drug-likeness (QED) is 0.843. The minimum atomic E-state index is -2.92. The van der Waals surface area contributed by atoms with E-state index in [0.29, 0.717) is 24.5 Å². The molecule has 1 amide bonds. The smallest absolute Gasteiger partial charge is 0.225 e. The van der Waals surface area contributed by atoms with Crippen molar-refractivity contribution in [3.05, 3.63) is 12.1 Å². The van der Waals surface area contributed by atoms with Crippen molar-refractivity contribution in [3.8, 4) is 0 Å². The molecule has 2 rings (SSSR count). The van der Waals surface area contributed by atoms with Crippen molar-refractivity contribution in [1.29, 1.82) is 0 Å². The van der Waals surface area contributed by atoms with Gasteiger partial charge in [-0.2, -0.15) is 0 Å². The van der Waals surface area contributed by atoms with Crippen LogP contribution in [0, 0.1) is 5.92 Å². The number of hydrogen-bond donors (Lipinski definition) is 2. The topological polar surface area (TPSA) is 101 Å². The van der Waals surface area contributed by atoms with Crippen molar-refractivity contribution in [2.45, 2.75) is 32.7 Å². The van der Waals surface area contributed by atoms with E-state index in [1.165, 1.54) is 0 Å². The molecule has 21 heavy (non-hydrogen) atoms. The van der Waals surface area contributed by atoms with Crippen molar-refractivity contribution in [1.82, 2.24) is 10.2 Å². The summed E-state index contributed by atoms with van der Waals surface area (Å²) in [5, 5.41) is 13.6. The molecule has 0 aromatic carbocycles. The molecule has 1 fully saturated rings. The normalized spacial score (nSPS) is 20.4. The summed E-state index contributed by atoms with van der Waals surface area (Å²) in [6.07, 6.45) is 1.01. The van der Waals surface area contributed by atoms with Crippen molar-refractivity contribution in [3.63, 3.8) is 0 Å². The summed E-state index contributed by atoms with van der Waals surface area (Å²) >= 11 is 0. The lowest BCUT2D eigenvalue weighted by Crippen LogP contribution is -2.21. The van der Waals surface area contributed by atoms with Crippen LogP contribution in [0.3, 0.4) is 0 Å². The number of amides is 1. The second-order valence-electron chi connectivity index (χ2n) is 5.69. The van der Waals surface area contributed by atoms with Gasteiger partial charge in [0.15, 0.2) is 15.7 Å². The average Bonchev–Trinajstić information content (AvgIpc) is 2.70. The first-order valence-corrected chi connectivity index (χ1v) is 8.77. The number of nitrogens with zero attached hydrogens (tertiary/aromatic N) is 2. The van der Waals surface area contributed by atoms with E-state index < -0.39 is 9.84 Å². The van der Waals surface area contributed by atoms with Gasteiger partial charge in [-0.3, -0.25) is 4.79 Å². The molecule has 0 saturated carbocycles. The van der Waals surface area contributed by atoms with Crippen LogP contribution in [0.1, 0.15) is 26.7 Å². The van der Waals surface area contributed by atoms with E-state index in [4.69, 9.17) is 0 Å². The second-order valence-corrected chi connectivity index (χ2v) is 7.92. The summed E-state index contributed by atoms with van der Waals surface area (Å²) in [6.45, 7) is 3.93. The second kappa shape index (κ2) is 6.38. The average molecular weight is 312 g/mol. The third-order valence-corrected chi connectivity index (χ3v) is 4.88. The van der Waals surface area contributed by atoms with Gasteiger partial charge in [0.05, 0.1) is 11.5 Å². The number of sulfone groups is 1. The molecule has 1 saturated heterocycles. The van der Waals surface area contributed by atoms with Gasteiger partial charge in [0.25, 0.3) is 0 Å². The summed E-state index contributed by atoms with van der Waals surface area (Å²) < 4.78 is 22.7. The Hall–Kier alpha value is -1.70. The highest BCUT2D eigenvalue weighted by Crippen LogP contribution is 2.16. The zero-order valence-corrected chi connectivity index (χ0v) is 13.0. The maximum Gasteiger partial charge on any atom is 0.225 e. The van der Waals surface area contributed by atoms with E-state index in [1.54, 1.807) is 12.1 Å². The van der Waals surface area contributed by atoms with E-state index in [1.807, 2.05) is 13.8 Å². The van der Waals surface area contributed by atoms with Gasteiger partial charge in [-0.15, -0.1) is 10.2 Å². The highest BCUT2D eigenvalue weighted by molar-refractivity contribution is 7.91. The fourth-order valence-electron chi connectivity index (χ4n) is 2.16. The van der Waals surface area contributed by atoms with E-state index in [-0.39, 0.29) is 29.4 Å². The van der Waals surface area contributed by atoms with Crippen LogP contribution in [-0.2, 0) is 14.6 Å². The number of carbonyl (C=O) groups is 1. The molecular weight excluding hydrogens is 292 g/mol. The van der Waals surface area contributed by atoms with Gasteiger partial charge >= 0.3 is 0 Å². The molecule has 2 heterocycles. The third kappa shape index (κ3) is 4.96. The van der Waals surface area contributed by atoms with Crippen molar-refractivity contribution >= 4 is 27.4 Å². The van der Waals surface area contributed by atoms with Gasteiger partial charge in [-0.05, 0) is 24.5 Å². The molecule has 0 spiro atoms. The summed E-state index contributed by atoms with van der Waals surface area (Å²) in [4.78, 5) is 11.6. The molecule has 8 heteroatoms. The first-order chi connectivity index (χ1) is 9.84. The number of carbonyl (C=O) groups excluding carboxylic acids is 1. The summed E-state index contributed by atoms with van der Waals surface area (Å²) in [7, 11) is -2.92. The molecular formula is C13H20N4O3S. The number of nitrogens with one attached hydrogen (secondary N) is 2. The van der Waals surface area contributed by atoms with Crippen LogP contribution in [0.5, 0.6) is 0 Å². The molecule has 1 atom stereocenters. The Morgan fingerprint density at radius 2 is 2.00 bits per heavy atom. The minimum Gasteiger partial charge on any atom is -0.365 e. The van der Waals surface area contributed by atoms with Gasteiger partial charge in [0.2, 0.25) is 5.91 Å². The number of aromatic nitrogens is 2. The van der Waals surface area contributed by atoms with Crippen molar-refractivity contribution < 1.29 is 13.2 Å². The molecule has 0 radical (unpaired) electrons. The first kappa shape index (κ1) is 15.7. The van der Waals surface area contributed by atoms with Gasteiger partial charge in [-0.25, -0.2) is 8.42 Å². The van der Waals surface area contributed by atoms with Gasteiger partial charge in [0, 0.05) is 12.5 Å². The highest BCUT2D eigenvalue weighted by atomic mass is 32.2. The number of anilines is 2. The number of hydrogen-bond acceptors (Lipinski definition) is 6. The van der Waals surface area contributed by atoms with Crippen molar-refractivity contribution in [2.75, 3.05) is 22.1 Å². The van der Waals surface area contributed by atoms with Crippen LogP contribution in [0.2, 0.25) is 0 Å². The SMILES string of the molecule is CC(C)CC(=O)Nc1ccc(NC2CCS(=O)(=O)C2)nn1. The summed E-state index contributed by atoms with van der Waals surface area (Å²) in [6, 6.07) is 3.21. The first-order valence-electron chi connectivity index (χ1n) is 6.94. The third-order valence-electron chi connectivity index (χ3n) is 3.11. The Kier molecular flexibility index (Phi) is 4.76. The monoisotopic (exact) mass is 312 g/mol. The Morgan fingerprint density at radius 1 is 1.33 bits per heavy atom. The Balaban J connectivity index is 1.89. The zero-order chi connectivity index (χ0) is 15.5. The molecule has 0 bridgehead atoms. The Morgan fingerprint density at radius 3 is 2.52 bits per heavy atom. The van der Waals surface area contributed by atoms with E-state index in [0.717, 1.165) is 0 Å². The molecule has 1 aliphatic rings. The van der Waals surface area contributed by atoms with E-state index in [2.05, 4.69) is 20.8 Å². The van der Waals surface area contributed by atoms with Crippen LogP contribution in [0.15, 0.2) is 12.1 Å². The zero-order valence-electron chi connectivity index (χ0n) is 12.2. The maximum absolute atomic E-state index is 11.6. The van der Waals surface area contributed by atoms with Gasteiger partial charge in [0.1, 0.15) is 5.82 Å². The van der Waals surface area contributed by atoms with Gasteiger partial charge < -0.3 is 10.6 Å². The standard InChI is InChI=1S/C13H20N4O3S/c1-9(2)7-13(18)15-12-4-3-11(16-17-12)14-10-5-6-21(19,20)8-10/h3-4,9-10H,5-8H2,1-2H3,(H,14,16)(H,15,17,18). The fraction of sp³-hybridized carbons (Fsp3) is 0.615. The molecule has 1 aliphatic heterocycles. The molecule has 1 aromatic rings. The Labute approximate surface area is 124 Å². The minimum absolute atomic E-state index is 0.0955. The summed E-state index contributed by atoms with van der Waals surface area (Å²) in [5.74, 6) is 1.43. The van der Waals surface area contributed by atoms with Crippen LogP contribution in [-0.4, -0.2) is 42.1 Å². The molecule has 1 unspecified atom stereocenters. The predicted molar refractivity (Wildman–Crippen MR) is 80.8 cm³/mol. The van der Waals surface area contributed by atoms with Gasteiger partial charge in [-0.1, -0.05) is 13.8 Å². The maximum atomic E-state index is 11.6. The van der Waals surface area contributed by atoms with Crippen LogP contribution < -0.4 is 10.6 Å². The largest absolute Gasteiger partial charge is 0.365 e. The summed E-state index contributed by atoms with van der Waals surface area (Å²) in [5.41, 5.74) is 0. The predicted octanol–water partition coefficient (Wildman–Crippen LogP) is 1.06. The van der Waals surface area contributed by atoms with E-state index in [9.17, 15) is 13.2 Å². The highest BCUT2D eigenvalue weighted by Gasteiger charge is 2.27. The van der Waals surface area contributed by atoms with Crippen LogP contribution in [0.25, 0.3) is 0 Å². The molecule has 7 nitrogen and oxygen atoms in total. The molecule has 116 valence electrons.